The molecular formula is C49H36. The van der Waals surface area contributed by atoms with Crippen molar-refractivity contribution in [2.24, 2.45) is 0 Å². The van der Waals surface area contributed by atoms with Crippen molar-refractivity contribution in [1.29, 1.82) is 0 Å². The van der Waals surface area contributed by atoms with Gasteiger partial charge in [0.1, 0.15) is 0 Å². The van der Waals surface area contributed by atoms with Gasteiger partial charge in [-0.1, -0.05) is 146 Å². The Morgan fingerprint density at radius 2 is 0.898 bits per heavy atom. The van der Waals surface area contributed by atoms with Crippen LogP contribution < -0.4 is 0 Å². The number of fused-ring (bicyclic) bond motifs is 4. The van der Waals surface area contributed by atoms with Gasteiger partial charge in [-0.15, -0.1) is 0 Å². The highest BCUT2D eigenvalue weighted by Gasteiger charge is 2.21. The molecule has 0 aliphatic heterocycles. The Labute approximate surface area is 287 Å². The van der Waals surface area contributed by atoms with Crippen LogP contribution in [0.1, 0.15) is 16.7 Å². The van der Waals surface area contributed by atoms with Gasteiger partial charge in [0.15, 0.2) is 0 Å². The Kier molecular flexibility index (Phi) is 6.92. The van der Waals surface area contributed by atoms with Crippen LogP contribution in [-0.2, 0) is 0 Å². The first kappa shape index (κ1) is 29.2. The first-order chi connectivity index (χ1) is 24.0. The fraction of sp³-hybridized carbons (Fsp3) is 0.0612. The van der Waals surface area contributed by atoms with Crippen LogP contribution >= 0.6 is 0 Å². The third-order valence-electron chi connectivity index (χ3n) is 10.4. The molecule has 0 heteroatoms. The first-order valence-electron chi connectivity index (χ1n) is 17.2. The van der Waals surface area contributed by atoms with Crippen LogP contribution in [0, 0.1) is 20.8 Å². The molecule has 49 heavy (non-hydrogen) atoms. The van der Waals surface area contributed by atoms with Crippen molar-refractivity contribution in [2.75, 3.05) is 0 Å². The number of hydrogen-bond donors (Lipinski definition) is 0. The molecule has 9 aromatic rings. The van der Waals surface area contributed by atoms with Crippen molar-refractivity contribution in [1.82, 2.24) is 0 Å². The molecule has 0 saturated carbocycles. The van der Waals surface area contributed by atoms with Gasteiger partial charge >= 0.3 is 0 Å². The minimum absolute atomic E-state index is 1.22. The van der Waals surface area contributed by atoms with Crippen LogP contribution in [0.3, 0.4) is 0 Å². The van der Waals surface area contributed by atoms with E-state index in [4.69, 9.17) is 0 Å². The van der Waals surface area contributed by atoms with Crippen molar-refractivity contribution in [3.63, 3.8) is 0 Å². The summed E-state index contributed by atoms with van der Waals surface area (Å²) in [6.45, 7) is 6.71. The van der Waals surface area contributed by atoms with Crippen LogP contribution in [-0.4, -0.2) is 0 Å². The van der Waals surface area contributed by atoms with Gasteiger partial charge in [-0.25, -0.2) is 0 Å². The topological polar surface area (TPSA) is 0 Å². The lowest BCUT2D eigenvalue weighted by Crippen LogP contribution is -1.95. The van der Waals surface area contributed by atoms with E-state index in [2.05, 4.69) is 185 Å². The van der Waals surface area contributed by atoms with E-state index in [0.29, 0.717) is 0 Å². The van der Waals surface area contributed by atoms with E-state index in [1.165, 1.54) is 104 Å². The smallest absolute Gasteiger partial charge is 0.00200 e. The lowest BCUT2D eigenvalue weighted by atomic mass is 9.82. The van der Waals surface area contributed by atoms with Gasteiger partial charge < -0.3 is 0 Å². The van der Waals surface area contributed by atoms with Crippen LogP contribution in [0.5, 0.6) is 0 Å². The highest BCUT2D eigenvalue weighted by molar-refractivity contribution is 6.24. The van der Waals surface area contributed by atoms with E-state index >= 15 is 0 Å². The summed E-state index contributed by atoms with van der Waals surface area (Å²) in [5.74, 6) is 0. The lowest BCUT2D eigenvalue weighted by Gasteiger charge is -2.21. The van der Waals surface area contributed by atoms with Gasteiger partial charge in [-0.2, -0.15) is 0 Å². The minimum atomic E-state index is 1.22. The molecule has 0 aromatic heterocycles. The number of hydrogen-bond acceptors (Lipinski definition) is 0. The molecule has 0 amide bonds. The second-order valence-electron chi connectivity index (χ2n) is 13.4. The monoisotopic (exact) mass is 624 g/mol. The maximum atomic E-state index is 2.47. The molecule has 0 spiro atoms. The molecule has 0 atom stereocenters. The van der Waals surface area contributed by atoms with Crippen molar-refractivity contribution >= 4 is 43.1 Å². The molecule has 0 bridgehead atoms. The molecular weight excluding hydrogens is 589 g/mol. The molecule has 0 heterocycles. The van der Waals surface area contributed by atoms with Crippen molar-refractivity contribution in [2.45, 2.75) is 20.8 Å². The van der Waals surface area contributed by atoms with Gasteiger partial charge in [-0.05, 0) is 143 Å². The summed E-state index contributed by atoms with van der Waals surface area (Å²) >= 11 is 0. The van der Waals surface area contributed by atoms with E-state index in [9.17, 15) is 0 Å². The first-order valence-corrected chi connectivity index (χ1v) is 17.2. The molecule has 9 aromatic carbocycles. The van der Waals surface area contributed by atoms with Gasteiger partial charge in [0.2, 0.25) is 0 Å². The quantitative estimate of drug-likeness (QED) is 0.171. The Hall–Kier alpha value is -5.98. The molecule has 0 saturated heterocycles. The number of aryl methyl sites for hydroxylation is 3. The highest BCUT2D eigenvalue weighted by atomic mass is 14.2. The van der Waals surface area contributed by atoms with Crippen LogP contribution in [0.4, 0.5) is 0 Å². The van der Waals surface area contributed by atoms with Crippen molar-refractivity contribution < 1.29 is 0 Å². The Morgan fingerprint density at radius 1 is 0.265 bits per heavy atom. The summed E-state index contributed by atoms with van der Waals surface area (Å²) < 4.78 is 0. The van der Waals surface area contributed by atoms with E-state index in [1.54, 1.807) is 0 Å². The average Bonchev–Trinajstić information content (AvgIpc) is 3.14. The summed E-state index contributed by atoms with van der Waals surface area (Å²) in [6.07, 6.45) is 0. The predicted octanol–water partition coefficient (Wildman–Crippen LogP) is 13.9. The molecule has 232 valence electrons. The lowest BCUT2D eigenvalue weighted by molar-refractivity contribution is 1.42. The maximum Gasteiger partial charge on any atom is -0.00200 e. The fourth-order valence-corrected chi connectivity index (χ4v) is 7.99. The van der Waals surface area contributed by atoms with Gasteiger partial charge in [0.05, 0.1) is 0 Å². The number of benzene rings is 9. The SMILES string of the molecule is Cc1ccccc1-c1cc2c(-c3cccc(-c4ccc5ccccc5c4)c3)c3ccccc3c(-c3ccc(C)c4ccccc34)c2cc1C. The Balaban J connectivity index is 1.40. The maximum absolute atomic E-state index is 2.47. The second-order valence-corrected chi connectivity index (χ2v) is 13.4. The largest absolute Gasteiger partial charge is 0.0620 e. The summed E-state index contributed by atoms with van der Waals surface area (Å²) in [4.78, 5) is 0. The molecule has 0 radical (unpaired) electrons. The second kappa shape index (κ2) is 11.6. The molecule has 9 rings (SSSR count). The predicted molar refractivity (Wildman–Crippen MR) is 212 cm³/mol. The highest BCUT2D eigenvalue weighted by Crippen LogP contribution is 2.48. The third-order valence-corrected chi connectivity index (χ3v) is 10.4. The van der Waals surface area contributed by atoms with Gasteiger partial charge in [0.25, 0.3) is 0 Å². The van der Waals surface area contributed by atoms with Gasteiger partial charge in [-0.3, -0.25) is 0 Å². The third kappa shape index (κ3) is 4.83. The Bertz CT molecular complexity index is 2740. The van der Waals surface area contributed by atoms with E-state index in [0.717, 1.165) is 0 Å². The van der Waals surface area contributed by atoms with Gasteiger partial charge in [0, 0.05) is 0 Å². The zero-order chi connectivity index (χ0) is 33.1. The zero-order valence-electron chi connectivity index (χ0n) is 28.1. The summed E-state index contributed by atoms with van der Waals surface area (Å²) in [7, 11) is 0. The van der Waals surface area contributed by atoms with Crippen LogP contribution in [0.15, 0.2) is 164 Å². The summed E-state index contributed by atoms with van der Waals surface area (Å²) in [6, 6.07) is 60.8. The van der Waals surface area contributed by atoms with Crippen LogP contribution in [0.2, 0.25) is 0 Å². The van der Waals surface area contributed by atoms with Crippen LogP contribution in [0.25, 0.3) is 87.6 Å². The molecule has 0 aliphatic rings. The molecule has 0 fully saturated rings. The summed E-state index contributed by atoms with van der Waals surface area (Å²) in [5, 5.41) is 10.2. The molecule has 0 nitrogen and oxygen atoms in total. The zero-order valence-corrected chi connectivity index (χ0v) is 28.1. The summed E-state index contributed by atoms with van der Waals surface area (Å²) in [5.41, 5.74) is 14.0. The normalized spacial score (nSPS) is 11.6. The van der Waals surface area contributed by atoms with E-state index in [-0.39, 0.29) is 0 Å². The minimum Gasteiger partial charge on any atom is -0.0620 e. The average molecular weight is 625 g/mol. The number of rotatable bonds is 4. The molecule has 0 aliphatic carbocycles. The molecule has 0 N–H and O–H groups in total. The fourth-order valence-electron chi connectivity index (χ4n) is 7.99. The molecule has 0 unspecified atom stereocenters. The van der Waals surface area contributed by atoms with Crippen molar-refractivity contribution in [3.8, 4) is 44.5 Å². The van der Waals surface area contributed by atoms with E-state index in [1.807, 2.05) is 0 Å². The van der Waals surface area contributed by atoms with Crippen molar-refractivity contribution in [3.05, 3.63) is 180 Å². The Morgan fingerprint density at radius 3 is 1.71 bits per heavy atom. The van der Waals surface area contributed by atoms with E-state index < -0.39 is 0 Å². The standard InChI is InChI=1S/C49H36/c1-31-13-4-7-19-40(31)45-30-47-46(27-33(45)3)49(44-26-23-32(2)39-18-8-9-20-41(39)44)43-22-11-10-21-42(43)48(47)38-17-12-16-36(29-38)37-25-24-34-14-5-6-15-35(34)28-37/h4-30H,1-3H3.